The second kappa shape index (κ2) is 5.61. The smallest absolute Gasteiger partial charge is 0.258 e. The number of furan rings is 1. The maximum absolute atomic E-state index is 12.9. The molecule has 4 rings (SSSR count). The summed E-state index contributed by atoms with van der Waals surface area (Å²) in [5.41, 5.74) is 2.27. The summed E-state index contributed by atoms with van der Waals surface area (Å²) in [6.45, 7) is 0.383. The zero-order valence-corrected chi connectivity index (χ0v) is 12.3. The van der Waals surface area contributed by atoms with Gasteiger partial charge in [0.25, 0.3) is 5.91 Å². The van der Waals surface area contributed by atoms with E-state index in [4.69, 9.17) is 4.42 Å². The van der Waals surface area contributed by atoms with Crippen molar-refractivity contribution >= 4 is 11.6 Å². The summed E-state index contributed by atoms with van der Waals surface area (Å²) in [6.07, 6.45) is 3.01. The predicted molar refractivity (Wildman–Crippen MR) is 85.6 cm³/mol. The highest BCUT2D eigenvalue weighted by Gasteiger charge is 2.33. The Morgan fingerprint density at radius 1 is 1.09 bits per heavy atom. The van der Waals surface area contributed by atoms with Crippen molar-refractivity contribution in [1.29, 1.82) is 0 Å². The zero-order chi connectivity index (χ0) is 15.6. The van der Waals surface area contributed by atoms with Crippen LogP contribution in [0.5, 0.6) is 0 Å². The van der Waals surface area contributed by atoms with Crippen molar-refractivity contribution in [2.45, 2.75) is 12.7 Å². The van der Waals surface area contributed by atoms with E-state index >= 15 is 0 Å². The van der Waals surface area contributed by atoms with Gasteiger partial charge in [-0.2, -0.15) is 0 Å². The van der Waals surface area contributed by atoms with Crippen molar-refractivity contribution in [1.82, 2.24) is 9.88 Å². The fraction of sp³-hybridized carbons (Fsp3) is 0.111. The maximum Gasteiger partial charge on any atom is 0.258 e. The summed E-state index contributed by atoms with van der Waals surface area (Å²) in [7, 11) is 0. The van der Waals surface area contributed by atoms with E-state index < -0.39 is 0 Å². The van der Waals surface area contributed by atoms with Crippen LogP contribution in [0.4, 0.5) is 5.69 Å². The monoisotopic (exact) mass is 305 g/mol. The Morgan fingerprint density at radius 3 is 2.74 bits per heavy atom. The van der Waals surface area contributed by atoms with Crippen LogP contribution in [0, 0.1) is 0 Å². The van der Waals surface area contributed by atoms with Crippen molar-refractivity contribution < 1.29 is 9.21 Å². The first-order chi connectivity index (χ1) is 11.3. The first-order valence-electron chi connectivity index (χ1n) is 7.43. The number of rotatable bonds is 3. The molecule has 0 radical (unpaired) electrons. The third-order valence-electron chi connectivity index (χ3n) is 3.90. The lowest BCUT2D eigenvalue weighted by molar-refractivity contribution is 0.0647. The molecule has 5 nitrogen and oxygen atoms in total. The second-order valence-electron chi connectivity index (χ2n) is 5.36. The summed E-state index contributed by atoms with van der Waals surface area (Å²) in [5, 5.41) is 3.41. The second-order valence-corrected chi connectivity index (χ2v) is 5.36. The van der Waals surface area contributed by atoms with E-state index in [0.717, 1.165) is 17.1 Å². The Hall–Kier alpha value is -3.08. The first-order valence-corrected chi connectivity index (χ1v) is 7.43. The number of hydrogen-bond acceptors (Lipinski definition) is 4. The lowest BCUT2D eigenvalue weighted by Crippen LogP contribution is -2.42. The highest BCUT2D eigenvalue weighted by atomic mass is 16.3. The molecule has 3 heterocycles. The molecule has 23 heavy (non-hydrogen) atoms. The molecule has 1 aliphatic rings. The molecule has 0 saturated carbocycles. The van der Waals surface area contributed by atoms with E-state index in [1.807, 2.05) is 54.6 Å². The Morgan fingerprint density at radius 2 is 1.96 bits per heavy atom. The third kappa shape index (κ3) is 2.46. The van der Waals surface area contributed by atoms with Crippen LogP contribution >= 0.6 is 0 Å². The number of nitrogens with zero attached hydrogens (tertiary/aromatic N) is 2. The van der Waals surface area contributed by atoms with E-state index in [1.165, 1.54) is 0 Å². The molecule has 1 N–H and O–H groups in total. The molecule has 0 bridgehead atoms. The zero-order valence-electron chi connectivity index (χ0n) is 12.3. The van der Waals surface area contributed by atoms with Crippen LogP contribution in [0.3, 0.4) is 0 Å². The number of anilines is 1. The van der Waals surface area contributed by atoms with Crippen molar-refractivity contribution in [3.63, 3.8) is 0 Å². The number of carbonyl (C=O) groups excluding carboxylic acids is 1. The first kappa shape index (κ1) is 13.6. The van der Waals surface area contributed by atoms with Gasteiger partial charge in [0.1, 0.15) is 11.9 Å². The topological polar surface area (TPSA) is 58.4 Å². The van der Waals surface area contributed by atoms with Gasteiger partial charge in [0.15, 0.2) is 0 Å². The highest BCUT2D eigenvalue weighted by Crippen LogP contribution is 2.33. The maximum atomic E-state index is 12.9. The van der Waals surface area contributed by atoms with Crippen LogP contribution < -0.4 is 5.32 Å². The van der Waals surface area contributed by atoms with Crippen molar-refractivity contribution in [3.05, 3.63) is 84.1 Å². The molecule has 1 amide bonds. The summed E-state index contributed by atoms with van der Waals surface area (Å²) in [5.74, 6) is 0.701. The van der Waals surface area contributed by atoms with Gasteiger partial charge < -0.3 is 14.6 Å². The quantitative estimate of drug-likeness (QED) is 0.805. The molecule has 1 aliphatic heterocycles. The van der Waals surface area contributed by atoms with E-state index in [1.54, 1.807) is 17.4 Å². The van der Waals surface area contributed by atoms with E-state index in [0.29, 0.717) is 12.1 Å². The Kier molecular flexibility index (Phi) is 3.31. The Bertz CT molecular complexity index is 815. The number of hydrogen-bond donors (Lipinski definition) is 1. The molecule has 5 heteroatoms. The van der Waals surface area contributed by atoms with Gasteiger partial charge in [-0.1, -0.05) is 18.2 Å². The normalized spacial score (nSPS) is 16.8. The average molecular weight is 305 g/mol. The van der Waals surface area contributed by atoms with Crippen LogP contribution in [0.1, 0.15) is 28.0 Å². The number of para-hydroxylation sites is 1. The average Bonchev–Trinajstić information content (AvgIpc) is 3.11. The van der Waals surface area contributed by atoms with Gasteiger partial charge in [-0.3, -0.25) is 9.78 Å². The van der Waals surface area contributed by atoms with Gasteiger partial charge in [-0.15, -0.1) is 0 Å². The number of pyridine rings is 1. The molecule has 1 aromatic carbocycles. The number of benzene rings is 1. The molecule has 2 aromatic heterocycles. The third-order valence-corrected chi connectivity index (χ3v) is 3.90. The minimum atomic E-state index is -0.330. The summed E-state index contributed by atoms with van der Waals surface area (Å²) in [6, 6.07) is 16.9. The molecule has 0 saturated heterocycles. The van der Waals surface area contributed by atoms with Crippen LogP contribution in [-0.4, -0.2) is 15.8 Å². The predicted octanol–water partition coefficient (Wildman–Crippen LogP) is 3.44. The van der Waals surface area contributed by atoms with Crippen LogP contribution in [0.2, 0.25) is 0 Å². The van der Waals surface area contributed by atoms with Gasteiger partial charge >= 0.3 is 0 Å². The van der Waals surface area contributed by atoms with Crippen molar-refractivity contribution in [2.24, 2.45) is 0 Å². The number of aromatic nitrogens is 1. The summed E-state index contributed by atoms with van der Waals surface area (Å²) in [4.78, 5) is 19.1. The lowest BCUT2D eigenvalue weighted by Gasteiger charge is -2.37. The molecule has 1 unspecified atom stereocenters. The van der Waals surface area contributed by atoms with E-state index in [9.17, 15) is 4.79 Å². The van der Waals surface area contributed by atoms with Gasteiger partial charge in [-0.25, -0.2) is 0 Å². The number of carbonyl (C=O) groups is 1. The SMILES string of the molecule is O=C1c2ccccc2NC(c2ccccn2)N1Cc1ccco1. The van der Waals surface area contributed by atoms with Crippen LogP contribution in [-0.2, 0) is 6.54 Å². The molecule has 1 atom stereocenters. The standard InChI is InChI=1S/C18H15N3O2/c22-18-14-7-1-2-8-15(14)20-17(16-9-3-4-10-19-16)21(18)12-13-6-5-11-23-13/h1-11,17,20H,12H2. The molecular formula is C18H15N3O2. The Labute approximate surface area is 133 Å². The van der Waals surface area contributed by atoms with Crippen molar-refractivity contribution in [3.8, 4) is 0 Å². The highest BCUT2D eigenvalue weighted by molar-refractivity contribution is 6.01. The van der Waals surface area contributed by atoms with Gasteiger partial charge in [0.05, 0.1) is 24.1 Å². The van der Waals surface area contributed by atoms with Crippen LogP contribution in [0.25, 0.3) is 0 Å². The molecule has 0 fully saturated rings. The van der Waals surface area contributed by atoms with Gasteiger partial charge in [0, 0.05) is 11.9 Å². The minimum Gasteiger partial charge on any atom is -0.467 e. The molecular weight excluding hydrogens is 290 g/mol. The Balaban J connectivity index is 1.76. The van der Waals surface area contributed by atoms with E-state index in [2.05, 4.69) is 10.3 Å². The van der Waals surface area contributed by atoms with E-state index in [-0.39, 0.29) is 12.1 Å². The lowest BCUT2D eigenvalue weighted by atomic mass is 10.1. The number of amides is 1. The molecule has 0 spiro atoms. The molecule has 114 valence electrons. The molecule has 3 aromatic rings. The fourth-order valence-electron chi connectivity index (χ4n) is 2.80. The largest absolute Gasteiger partial charge is 0.467 e. The minimum absolute atomic E-state index is 0.0357. The van der Waals surface area contributed by atoms with Crippen LogP contribution in [0.15, 0.2) is 71.5 Å². The summed E-state index contributed by atoms with van der Waals surface area (Å²) < 4.78 is 5.41. The summed E-state index contributed by atoms with van der Waals surface area (Å²) >= 11 is 0. The number of fused-ring (bicyclic) bond motifs is 1. The van der Waals surface area contributed by atoms with Gasteiger partial charge in [0.2, 0.25) is 0 Å². The molecule has 0 aliphatic carbocycles. The van der Waals surface area contributed by atoms with Crippen molar-refractivity contribution in [2.75, 3.05) is 5.32 Å². The fourth-order valence-corrected chi connectivity index (χ4v) is 2.80. The number of nitrogens with one attached hydrogen (secondary N) is 1. The van der Waals surface area contributed by atoms with Gasteiger partial charge in [-0.05, 0) is 36.4 Å².